The zero-order valence-electron chi connectivity index (χ0n) is 15.1. The van der Waals surface area contributed by atoms with Crippen LogP contribution in [-0.4, -0.2) is 31.3 Å². The first-order chi connectivity index (χ1) is 13.1. The normalized spacial score (nSPS) is 12.9. The van der Waals surface area contributed by atoms with E-state index < -0.39 is 6.04 Å². The highest BCUT2D eigenvalue weighted by atomic mass is 16.7. The average Bonchev–Trinajstić information content (AvgIpc) is 3.14. The molecule has 0 aromatic heterocycles. The molecule has 7 nitrogen and oxygen atoms in total. The molecule has 0 saturated heterocycles. The molecule has 0 saturated carbocycles. The summed E-state index contributed by atoms with van der Waals surface area (Å²) in [7, 11) is 0. The van der Waals surface area contributed by atoms with Gasteiger partial charge in [0, 0.05) is 6.54 Å². The summed E-state index contributed by atoms with van der Waals surface area (Å²) in [6.07, 6.45) is 0.175. The van der Waals surface area contributed by atoms with E-state index in [2.05, 4.69) is 10.6 Å². The van der Waals surface area contributed by atoms with Gasteiger partial charge in [0.1, 0.15) is 11.8 Å². The third-order valence-corrected chi connectivity index (χ3v) is 4.02. The van der Waals surface area contributed by atoms with Crippen molar-refractivity contribution in [1.29, 1.82) is 0 Å². The number of hydrogen-bond donors (Lipinski definition) is 2. The lowest BCUT2D eigenvalue weighted by atomic mass is 10.2. The van der Waals surface area contributed by atoms with Crippen LogP contribution in [0.5, 0.6) is 17.2 Å². The first-order valence-electron chi connectivity index (χ1n) is 8.75. The predicted octanol–water partition coefficient (Wildman–Crippen LogP) is 2.01. The fourth-order valence-electron chi connectivity index (χ4n) is 2.55. The van der Waals surface area contributed by atoms with Gasteiger partial charge in [-0.3, -0.25) is 9.59 Å². The quantitative estimate of drug-likeness (QED) is 0.742. The molecule has 1 atom stereocenters. The van der Waals surface area contributed by atoms with Crippen LogP contribution in [0.4, 0.5) is 0 Å². The molecule has 7 heteroatoms. The lowest BCUT2D eigenvalue weighted by Crippen LogP contribution is -2.44. The van der Waals surface area contributed by atoms with Crippen LogP contribution < -0.4 is 24.8 Å². The molecule has 2 aromatic rings. The van der Waals surface area contributed by atoms with E-state index in [4.69, 9.17) is 14.2 Å². The molecule has 0 radical (unpaired) electrons. The van der Waals surface area contributed by atoms with Gasteiger partial charge in [-0.2, -0.15) is 0 Å². The molecule has 1 aliphatic heterocycles. The molecule has 2 amide bonds. The molecule has 3 rings (SSSR count). The van der Waals surface area contributed by atoms with Gasteiger partial charge in [0.2, 0.25) is 18.6 Å². The number of rotatable bonds is 8. The molecular weight excluding hydrogens is 348 g/mol. The van der Waals surface area contributed by atoms with Crippen molar-refractivity contribution in [3.8, 4) is 17.2 Å². The van der Waals surface area contributed by atoms with Crippen molar-refractivity contribution >= 4 is 11.8 Å². The van der Waals surface area contributed by atoms with Gasteiger partial charge in [-0.05, 0) is 36.8 Å². The summed E-state index contributed by atoms with van der Waals surface area (Å²) in [5.41, 5.74) is 0.891. The number of carbonyl (C=O) groups is 2. The largest absolute Gasteiger partial charge is 0.493 e. The Morgan fingerprint density at radius 2 is 1.89 bits per heavy atom. The molecule has 2 N–H and O–H groups in total. The lowest BCUT2D eigenvalue weighted by molar-refractivity contribution is -0.128. The van der Waals surface area contributed by atoms with E-state index in [1.54, 1.807) is 6.92 Å². The van der Waals surface area contributed by atoms with Gasteiger partial charge in [-0.1, -0.05) is 24.3 Å². The molecule has 2 aromatic carbocycles. The zero-order chi connectivity index (χ0) is 19.1. The monoisotopic (exact) mass is 370 g/mol. The maximum absolute atomic E-state index is 12.2. The Hall–Kier alpha value is -3.22. The Balaban J connectivity index is 1.37. The fourth-order valence-corrected chi connectivity index (χ4v) is 2.55. The van der Waals surface area contributed by atoms with Crippen molar-refractivity contribution in [2.75, 3.05) is 13.4 Å². The Morgan fingerprint density at radius 3 is 2.70 bits per heavy atom. The van der Waals surface area contributed by atoms with Crippen LogP contribution in [0.1, 0.15) is 18.9 Å². The minimum absolute atomic E-state index is 0.175. The molecular formula is C20H22N2O5. The number of amides is 2. The third-order valence-electron chi connectivity index (χ3n) is 4.02. The topological polar surface area (TPSA) is 85.9 Å². The minimum atomic E-state index is -0.636. The predicted molar refractivity (Wildman–Crippen MR) is 98.6 cm³/mol. The van der Waals surface area contributed by atoms with Gasteiger partial charge in [-0.25, -0.2) is 0 Å². The molecule has 142 valence electrons. The Bertz CT molecular complexity index is 794. The van der Waals surface area contributed by atoms with Crippen LogP contribution >= 0.6 is 0 Å². The second-order valence-corrected chi connectivity index (χ2v) is 6.11. The van der Waals surface area contributed by atoms with E-state index in [0.717, 1.165) is 5.56 Å². The molecule has 1 aliphatic rings. The van der Waals surface area contributed by atoms with E-state index in [1.165, 1.54) is 0 Å². The van der Waals surface area contributed by atoms with Crippen molar-refractivity contribution in [3.05, 3.63) is 54.1 Å². The zero-order valence-corrected chi connectivity index (χ0v) is 15.1. The number of carbonyl (C=O) groups excluding carboxylic acids is 2. The van der Waals surface area contributed by atoms with Crippen LogP contribution in [0.25, 0.3) is 0 Å². The van der Waals surface area contributed by atoms with E-state index in [9.17, 15) is 9.59 Å². The van der Waals surface area contributed by atoms with Gasteiger partial charge >= 0.3 is 0 Å². The van der Waals surface area contributed by atoms with Gasteiger partial charge in [-0.15, -0.1) is 0 Å². The third kappa shape index (κ3) is 5.37. The second-order valence-electron chi connectivity index (χ2n) is 6.11. The molecule has 1 heterocycles. The van der Waals surface area contributed by atoms with Gasteiger partial charge in [0.25, 0.3) is 0 Å². The van der Waals surface area contributed by atoms with Crippen LogP contribution in [0.2, 0.25) is 0 Å². The maximum Gasteiger partial charge on any atom is 0.242 e. The highest BCUT2D eigenvalue weighted by Crippen LogP contribution is 2.32. The summed E-state index contributed by atoms with van der Waals surface area (Å²) < 4.78 is 16.0. The van der Waals surface area contributed by atoms with Crippen molar-refractivity contribution < 1.29 is 23.8 Å². The van der Waals surface area contributed by atoms with Crippen molar-refractivity contribution in [1.82, 2.24) is 10.6 Å². The van der Waals surface area contributed by atoms with Crippen molar-refractivity contribution in [2.45, 2.75) is 25.9 Å². The highest BCUT2D eigenvalue weighted by Gasteiger charge is 2.17. The number of ether oxygens (including phenoxy) is 3. The van der Waals surface area contributed by atoms with Crippen molar-refractivity contribution in [3.63, 3.8) is 0 Å². The van der Waals surface area contributed by atoms with Crippen LogP contribution in [0, 0.1) is 0 Å². The molecule has 0 fully saturated rings. The average molecular weight is 370 g/mol. The Kier molecular flexibility index (Phi) is 6.14. The Morgan fingerprint density at radius 1 is 1.11 bits per heavy atom. The number of fused-ring (bicyclic) bond motifs is 1. The first kappa shape index (κ1) is 18.6. The summed E-state index contributed by atoms with van der Waals surface area (Å²) in [6, 6.07) is 14.1. The standard InChI is InChI=1S/C20H22N2O5/c1-14(22-19(23)9-10-25-16-5-3-2-4-6-16)20(24)21-12-15-7-8-17-18(11-15)27-13-26-17/h2-8,11,14H,9-10,12-13H2,1H3,(H,21,24)(H,22,23)/t14-/m0/s1. The summed E-state index contributed by atoms with van der Waals surface area (Å²) in [4.78, 5) is 24.1. The van der Waals surface area contributed by atoms with E-state index >= 15 is 0 Å². The summed E-state index contributed by atoms with van der Waals surface area (Å²) in [5.74, 6) is 1.58. The van der Waals surface area contributed by atoms with E-state index in [0.29, 0.717) is 23.8 Å². The summed E-state index contributed by atoms with van der Waals surface area (Å²) in [5, 5.41) is 5.46. The molecule has 0 unspecified atom stereocenters. The van der Waals surface area contributed by atoms with Crippen molar-refractivity contribution in [2.24, 2.45) is 0 Å². The van der Waals surface area contributed by atoms with Gasteiger partial charge < -0.3 is 24.8 Å². The van der Waals surface area contributed by atoms with Gasteiger partial charge in [0.05, 0.1) is 13.0 Å². The lowest BCUT2D eigenvalue weighted by Gasteiger charge is -2.14. The number of hydrogen-bond acceptors (Lipinski definition) is 5. The molecule has 0 aliphatic carbocycles. The van der Waals surface area contributed by atoms with Crippen LogP contribution in [0.15, 0.2) is 48.5 Å². The van der Waals surface area contributed by atoms with E-state index in [1.807, 2.05) is 48.5 Å². The SMILES string of the molecule is C[C@H](NC(=O)CCOc1ccccc1)C(=O)NCc1ccc2c(c1)OCO2. The van der Waals surface area contributed by atoms with Gasteiger partial charge in [0.15, 0.2) is 11.5 Å². The Labute approximate surface area is 157 Å². The maximum atomic E-state index is 12.2. The molecule has 0 spiro atoms. The summed E-state index contributed by atoms with van der Waals surface area (Å²) >= 11 is 0. The number of benzene rings is 2. The van der Waals surface area contributed by atoms with Crippen LogP contribution in [0.3, 0.4) is 0 Å². The minimum Gasteiger partial charge on any atom is -0.493 e. The fraction of sp³-hybridized carbons (Fsp3) is 0.300. The smallest absolute Gasteiger partial charge is 0.242 e. The second kappa shape index (κ2) is 8.93. The summed E-state index contributed by atoms with van der Waals surface area (Å²) in [6.45, 7) is 2.45. The first-order valence-corrected chi connectivity index (χ1v) is 8.75. The highest BCUT2D eigenvalue weighted by molar-refractivity contribution is 5.87. The van der Waals surface area contributed by atoms with Crippen LogP contribution in [-0.2, 0) is 16.1 Å². The molecule has 0 bridgehead atoms. The molecule has 27 heavy (non-hydrogen) atoms. The van der Waals surface area contributed by atoms with E-state index in [-0.39, 0.29) is 31.6 Å². The number of para-hydroxylation sites is 1. The number of nitrogens with one attached hydrogen (secondary N) is 2.